The molecule has 1 aromatic heterocycles. The van der Waals surface area contributed by atoms with E-state index in [-0.39, 0.29) is 11.7 Å². The van der Waals surface area contributed by atoms with Crippen molar-refractivity contribution < 1.29 is 13.9 Å². The molecule has 0 spiro atoms. The molecule has 0 atom stereocenters. The number of hydrogen-bond acceptors (Lipinski definition) is 4. The topological polar surface area (TPSA) is 42.4 Å². The first kappa shape index (κ1) is 14.2. The summed E-state index contributed by atoms with van der Waals surface area (Å²) >= 11 is 1.35. The maximum atomic E-state index is 13.0. The van der Waals surface area contributed by atoms with E-state index < -0.39 is 0 Å². The number of carbonyl (C=O) groups excluding carboxylic acids is 1. The minimum atomic E-state index is -0.281. The largest absolute Gasteiger partial charge is 0.378 e. The highest BCUT2D eigenvalue weighted by molar-refractivity contribution is 7.17. The van der Waals surface area contributed by atoms with Crippen LogP contribution in [0.4, 0.5) is 4.39 Å². The number of carbonyl (C=O) groups is 1. The molecule has 2 aromatic rings. The Morgan fingerprint density at radius 3 is 2.62 bits per heavy atom. The van der Waals surface area contributed by atoms with Crippen molar-refractivity contribution in [2.24, 2.45) is 0 Å². The number of amides is 1. The zero-order valence-electron chi connectivity index (χ0n) is 11.6. The summed E-state index contributed by atoms with van der Waals surface area (Å²) in [4.78, 5) is 19.4. The predicted octanol–water partition coefficient (Wildman–Crippen LogP) is 2.73. The van der Waals surface area contributed by atoms with Gasteiger partial charge in [-0.25, -0.2) is 9.37 Å². The molecule has 1 saturated heterocycles. The lowest BCUT2D eigenvalue weighted by Gasteiger charge is -2.26. The van der Waals surface area contributed by atoms with E-state index in [1.165, 1.54) is 23.5 Å². The van der Waals surface area contributed by atoms with E-state index in [1.807, 2.05) is 6.92 Å². The molecule has 1 aliphatic rings. The summed E-state index contributed by atoms with van der Waals surface area (Å²) in [6.07, 6.45) is 0. The zero-order valence-corrected chi connectivity index (χ0v) is 12.5. The van der Waals surface area contributed by atoms with Crippen molar-refractivity contribution in [1.29, 1.82) is 0 Å². The van der Waals surface area contributed by atoms with Gasteiger partial charge in [-0.05, 0) is 31.2 Å². The van der Waals surface area contributed by atoms with E-state index in [2.05, 4.69) is 4.98 Å². The van der Waals surface area contributed by atoms with Crippen LogP contribution in [0.25, 0.3) is 10.6 Å². The first-order valence-corrected chi connectivity index (χ1v) is 7.57. The number of hydrogen-bond donors (Lipinski definition) is 0. The van der Waals surface area contributed by atoms with Crippen LogP contribution in [0.2, 0.25) is 0 Å². The molecule has 0 radical (unpaired) electrons. The van der Waals surface area contributed by atoms with Crippen LogP contribution >= 0.6 is 11.3 Å². The van der Waals surface area contributed by atoms with E-state index >= 15 is 0 Å². The highest BCUT2D eigenvalue weighted by atomic mass is 32.1. The van der Waals surface area contributed by atoms with Crippen molar-refractivity contribution >= 4 is 17.2 Å². The molecule has 1 aromatic carbocycles. The van der Waals surface area contributed by atoms with E-state index in [0.29, 0.717) is 31.2 Å². The number of aryl methyl sites for hydroxylation is 1. The van der Waals surface area contributed by atoms with E-state index in [1.54, 1.807) is 17.0 Å². The lowest BCUT2D eigenvalue weighted by Crippen LogP contribution is -2.40. The van der Waals surface area contributed by atoms with E-state index in [9.17, 15) is 9.18 Å². The highest BCUT2D eigenvalue weighted by Gasteiger charge is 2.23. The molecule has 1 amide bonds. The number of aromatic nitrogens is 1. The zero-order chi connectivity index (χ0) is 14.8. The highest BCUT2D eigenvalue weighted by Crippen LogP contribution is 2.29. The van der Waals surface area contributed by atoms with Crippen molar-refractivity contribution in [3.8, 4) is 10.6 Å². The number of halogens is 1. The molecule has 4 nitrogen and oxygen atoms in total. The van der Waals surface area contributed by atoms with Crippen LogP contribution < -0.4 is 0 Å². The summed E-state index contributed by atoms with van der Waals surface area (Å²) in [6.45, 7) is 4.21. The molecular weight excluding hydrogens is 291 g/mol. The van der Waals surface area contributed by atoms with Crippen LogP contribution in [0.3, 0.4) is 0 Å². The summed E-state index contributed by atoms with van der Waals surface area (Å²) < 4.78 is 18.2. The number of benzene rings is 1. The van der Waals surface area contributed by atoms with Crippen LogP contribution in [0.15, 0.2) is 24.3 Å². The second kappa shape index (κ2) is 5.91. The Morgan fingerprint density at radius 2 is 1.95 bits per heavy atom. The molecule has 0 unspecified atom stereocenters. The Hall–Kier alpha value is -1.79. The SMILES string of the molecule is Cc1nc(-c2ccc(F)cc2)sc1C(=O)N1CCOCC1. The minimum Gasteiger partial charge on any atom is -0.378 e. The first-order chi connectivity index (χ1) is 10.1. The van der Waals surface area contributed by atoms with Gasteiger partial charge in [0.1, 0.15) is 15.7 Å². The number of morpholine rings is 1. The predicted molar refractivity (Wildman–Crippen MR) is 79.0 cm³/mol. The van der Waals surface area contributed by atoms with Crippen LogP contribution in [-0.2, 0) is 4.74 Å². The Kier molecular flexibility index (Phi) is 3.98. The van der Waals surface area contributed by atoms with Crippen molar-refractivity contribution in [2.45, 2.75) is 6.92 Å². The van der Waals surface area contributed by atoms with Gasteiger partial charge < -0.3 is 9.64 Å². The van der Waals surface area contributed by atoms with Crippen molar-refractivity contribution in [1.82, 2.24) is 9.88 Å². The lowest BCUT2D eigenvalue weighted by molar-refractivity contribution is 0.0305. The van der Waals surface area contributed by atoms with Crippen LogP contribution in [-0.4, -0.2) is 42.1 Å². The quantitative estimate of drug-likeness (QED) is 0.857. The average molecular weight is 306 g/mol. The normalized spacial score (nSPS) is 15.2. The van der Waals surface area contributed by atoms with Gasteiger partial charge in [-0.1, -0.05) is 0 Å². The van der Waals surface area contributed by atoms with Crippen molar-refractivity contribution in [3.63, 3.8) is 0 Å². The third-order valence-corrected chi connectivity index (χ3v) is 4.57. The number of ether oxygens (including phenoxy) is 1. The molecule has 110 valence electrons. The van der Waals surface area contributed by atoms with E-state index in [0.717, 1.165) is 16.3 Å². The van der Waals surface area contributed by atoms with Gasteiger partial charge in [0.15, 0.2) is 0 Å². The summed E-state index contributed by atoms with van der Waals surface area (Å²) in [5, 5.41) is 0.740. The third-order valence-electron chi connectivity index (χ3n) is 3.38. The van der Waals surface area contributed by atoms with Gasteiger partial charge in [0.25, 0.3) is 5.91 Å². The summed E-state index contributed by atoms with van der Waals surface area (Å²) in [5.41, 5.74) is 1.54. The molecule has 1 fully saturated rings. The van der Waals surface area contributed by atoms with Crippen LogP contribution in [0.5, 0.6) is 0 Å². The molecule has 0 bridgehead atoms. The standard InChI is InChI=1S/C15H15FN2O2S/c1-10-13(15(19)18-6-8-20-9-7-18)21-14(17-10)11-2-4-12(16)5-3-11/h2-5H,6-9H2,1H3. The minimum absolute atomic E-state index is 0.00154. The summed E-state index contributed by atoms with van der Waals surface area (Å²) in [7, 11) is 0. The second-order valence-electron chi connectivity index (χ2n) is 4.85. The third kappa shape index (κ3) is 2.96. The number of thiazole rings is 1. The van der Waals surface area contributed by atoms with Gasteiger partial charge in [-0.2, -0.15) is 0 Å². The molecule has 2 heterocycles. The Bertz CT molecular complexity index is 648. The molecule has 1 aliphatic heterocycles. The maximum Gasteiger partial charge on any atom is 0.266 e. The van der Waals surface area contributed by atoms with Gasteiger partial charge >= 0.3 is 0 Å². The summed E-state index contributed by atoms with van der Waals surface area (Å²) in [6, 6.07) is 6.15. The molecule has 3 rings (SSSR count). The number of rotatable bonds is 2. The van der Waals surface area contributed by atoms with Gasteiger partial charge in [-0.3, -0.25) is 4.79 Å². The molecule has 21 heavy (non-hydrogen) atoms. The fraction of sp³-hybridized carbons (Fsp3) is 0.333. The molecule has 0 N–H and O–H groups in total. The fourth-order valence-corrected chi connectivity index (χ4v) is 3.26. The Labute approximate surface area is 126 Å². The van der Waals surface area contributed by atoms with E-state index in [4.69, 9.17) is 4.74 Å². The van der Waals surface area contributed by atoms with Gasteiger partial charge in [0.2, 0.25) is 0 Å². The molecule has 0 aliphatic carbocycles. The monoisotopic (exact) mass is 306 g/mol. The Morgan fingerprint density at radius 1 is 1.29 bits per heavy atom. The van der Waals surface area contributed by atoms with Crippen molar-refractivity contribution in [3.05, 3.63) is 40.7 Å². The van der Waals surface area contributed by atoms with Crippen LogP contribution in [0.1, 0.15) is 15.4 Å². The molecule has 6 heteroatoms. The van der Waals surface area contributed by atoms with Crippen molar-refractivity contribution in [2.75, 3.05) is 26.3 Å². The average Bonchev–Trinajstić information content (AvgIpc) is 2.90. The summed E-state index contributed by atoms with van der Waals surface area (Å²) in [5.74, 6) is -0.279. The Balaban J connectivity index is 1.87. The molecular formula is C15H15FN2O2S. The first-order valence-electron chi connectivity index (χ1n) is 6.75. The van der Waals surface area contributed by atoms with Crippen LogP contribution in [0, 0.1) is 12.7 Å². The second-order valence-corrected chi connectivity index (χ2v) is 5.84. The maximum absolute atomic E-state index is 13.0. The van der Waals surface area contributed by atoms with Gasteiger partial charge in [-0.15, -0.1) is 11.3 Å². The molecule has 0 saturated carbocycles. The van der Waals surface area contributed by atoms with Gasteiger partial charge in [0.05, 0.1) is 18.9 Å². The number of nitrogens with zero attached hydrogens (tertiary/aromatic N) is 2. The lowest BCUT2D eigenvalue weighted by atomic mass is 10.2. The van der Waals surface area contributed by atoms with Gasteiger partial charge in [0, 0.05) is 18.7 Å². The fourth-order valence-electron chi connectivity index (χ4n) is 2.22. The smallest absolute Gasteiger partial charge is 0.266 e.